The van der Waals surface area contributed by atoms with Crippen molar-refractivity contribution in [3.8, 4) is 0 Å². The fourth-order valence-electron chi connectivity index (χ4n) is 4.11. The number of alkyl halides is 6. The number of aliphatic imine (C=N–C) groups is 1. The van der Waals surface area contributed by atoms with Crippen molar-refractivity contribution in [3.05, 3.63) is 45.9 Å². The number of rotatable bonds is 6. The normalized spacial score (nSPS) is 20.5. The Balaban J connectivity index is 0.00000380. The molecule has 1 aromatic rings. The number of halogens is 7. The molecule has 2 amide bonds. The highest BCUT2D eigenvalue weighted by atomic mass is 35.5. The van der Waals surface area contributed by atoms with Gasteiger partial charge < -0.3 is 10.6 Å². The van der Waals surface area contributed by atoms with Crippen molar-refractivity contribution in [2.24, 2.45) is 10.9 Å². The van der Waals surface area contributed by atoms with Gasteiger partial charge in [0.1, 0.15) is 5.84 Å². The third-order valence-corrected chi connectivity index (χ3v) is 6.96. The zero-order chi connectivity index (χ0) is 26.1. The lowest BCUT2D eigenvalue weighted by Crippen LogP contribution is -2.38. The molecule has 4 rings (SSSR count). The summed E-state index contributed by atoms with van der Waals surface area (Å²) in [4.78, 5) is 30.0. The first-order chi connectivity index (χ1) is 16.9. The summed E-state index contributed by atoms with van der Waals surface area (Å²) in [5, 5.41) is 5.33. The summed E-state index contributed by atoms with van der Waals surface area (Å²) in [6.45, 7) is 0.756. The first-order valence-electron chi connectivity index (χ1n) is 11.4. The molecule has 2 N–H and O–H groups in total. The van der Waals surface area contributed by atoms with Crippen LogP contribution in [-0.2, 0) is 23.7 Å². The van der Waals surface area contributed by atoms with E-state index in [1.54, 1.807) is 4.90 Å². The van der Waals surface area contributed by atoms with Gasteiger partial charge >= 0.3 is 17.6 Å². The minimum atomic E-state index is -4.90. The molecule has 0 bridgehead atoms. The lowest BCUT2D eigenvalue weighted by atomic mass is 9.95. The molecule has 204 valence electrons. The van der Waals surface area contributed by atoms with Crippen LogP contribution in [0.25, 0.3) is 0 Å². The number of benzene rings is 1. The number of amidine groups is 1. The number of nitrogens with one attached hydrogen (secondary N) is 2. The highest BCUT2D eigenvalue weighted by molar-refractivity contribution is 8.18. The zero-order valence-electron chi connectivity index (χ0n) is 19.4. The number of hydrogen-bond acceptors (Lipinski definition) is 5. The molecule has 2 aliphatic heterocycles. The number of amides is 2. The molecule has 2 heterocycles. The Labute approximate surface area is 219 Å². The first-order valence-corrected chi connectivity index (χ1v) is 12.3. The molecule has 0 spiro atoms. The van der Waals surface area contributed by atoms with Gasteiger partial charge in [0.15, 0.2) is 0 Å². The van der Waals surface area contributed by atoms with E-state index in [-0.39, 0.29) is 55.0 Å². The Morgan fingerprint density at radius 3 is 2.35 bits per heavy atom. The maximum atomic E-state index is 13.4. The van der Waals surface area contributed by atoms with Crippen LogP contribution in [0.1, 0.15) is 42.4 Å². The lowest BCUT2D eigenvalue weighted by molar-refractivity contribution is -0.143. The number of piperidine rings is 1. The topological polar surface area (TPSA) is 73.8 Å². The minimum absolute atomic E-state index is 0. The maximum Gasteiger partial charge on any atom is 0.416 e. The van der Waals surface area contributed by atoms with Crippen LogP contribution in [0.2, 0.25) is 0 Å². The van der Waals surface area contributed by atoms with Crippen molar-refractivity contribution in [1.29, 1.82) is 0 Å². The summed E-state index contributed by atoms with van der Waals surface area (Å²) in [7, 11) is 0. The van der Waals surface area contributed by atoms with Crippen molar-refractivity contribution in [2.75, 3.05) is 19.6 Å². The minimum Gasteiger partial charge on any atom is -0.360 e. The third kappa shape index (κ3) is 8.11. The van der Waals surface area contributed by atoms with Gasteiger partial charge in [-0.2, -0.15) is 31.3 Å². The fraction of sp³-hybridized carbons (Fsp3) is 0.522. The smallest absolute Gasteiger partial charge is 0.360 e. The summed E-state index contributed by atoms with van der Waals surface area (Å²) in [6, 6.07) is 1.96. The first kappa shape index (κ1) is 29.3. The Morgan fingerprint density at radius 1 is 1.08 bits per heavy atom. The molecule has 14 heteroatoms. The Kier molecular flexibility index (Phi) is 9.23. The second-order valence-corrected chi connectivity index (χ2v) is 10.0. The molecule has 1 saturated carbocycles. The van der Waals surface area contributed by atoms with Gasteiger partial charge in [-0.05, 0) is 74.1 Å². The van der Waals surface area contributed by atoms with E-state index in [0.717, 1.165) is 30.7 Å². The van der Waals surface area contributed by atoms with Crippen LogP contribution in [0.4, 0.5) is 31.1 Å². The summed E-state index contributed by atoms with van der Waals surface area (Å²) in [5.41, 5.74) is -2.81. The van der Waals surface area contributed by atoms with Crippen molar-refractivity contribution >= 4 is 41.2 Å². The average molecular weight is 571 g/mol. The van der Waals surface area contributed by atoms with Crippen molar-refractivity contribution < 1.29 is 35.9 Å². The number of hydrogen-bond donors (Lipinski definition) is 2. The SMILES string of the molecule is Cl.O=C(CNC1=NC(=O)S/C1=C\C1CCN(Cc2ccc(C(F)(F)F)cc2C(F)(F)F)CC1)NC1CC1. The van der Waals surface area contributed by atoms with Gasteiger partial charge in [-0.3, -0.25) is 14.5 Å². The van der Waals surface area contributed by atoms with Crippen LogP contribution in [0, 0.1) is 5.92 Å². The van der Waals surface area contributed by atoms with E-state index in [9.17, 15) is 35.9 Å². The van der Waals surface area contributed by atoms with Crippen LogP contribution in [0.3, 0.4) is 0 Å². The Morgan fingerprint density at radius 2 is 1.76 bits per heavy atom. The number of allylic oxidation sites excluding steroid dienone is 1. The molecular formula is C23H25ClF6N4O2S. The Bertz CT molecular complexity index is 1080. The van der Waals surface area contributed by atoms with Crippen molar-refractivity contribution in [3.63, 3.8) is 0 Å². The van der Waals surface area contributed by atoms with Gasteiger partial charge in [0, 0.05) is 12.6 Å². The summed E-state index contributed by atoms with van der Waals surface area (Å²) in [5.74, 6) is 0.188. The molecule has 1 aliphatic carbocycles. The van der Waals surface area contributed by atoms with Gasteiger partial charge in [0.05, 0.1) is 22.6 Å². The molecule has 0 aromatic heterocycles. The third-order valence-electron chi connectivity index (χ3n) is 6.15. The highest BCUT2D eigenvalue weighted by Gasteiger charge is 2.38. The number of nitrogens with zero attached hydrogens (tertiary/aromatic N) is 2. The Hall–Kier alpha value is -2.25. The van der Waals surface area contributed by atoms with Gasteiger partial charge in [-0.15, -0.1) is 12.4 Å². The number of carbonyl (C=O) groups excluding carboxylic acids is 2. The predicted octanol–water partition coefficient (Wildman–Crippen LogP) is 5.38. The van der Waals surface area contributed by atoms with E-state index in [1.807, 2.05) is 6.08 Å². The molecule has 0 unspecified atom stereocenters. The quantitative estimate of drug-likeness (QED) is 0.450. The monoisotopic (exact) mass is 570 g/mol. The number of thioether (sulfide) groups is 1. The molecule has 1 aromatic carbocycles. The van der Waals surface area contributed by atoms with E-state index in [1.165, 1.54) is 0 Å². The van der Waals surface area contributed by atoms with Gasteiger partial charge in [0.2, 0.25) is 5.91 Å². The van der Waals surface area contributed by atoms with Crippen molar-refractivity contribution in [2.45, 2.75) is 50.6 Å². The number of likely N-dealkylation sites (tertiary alicyclic amines) is 1. The largest absolute Gasteiger partial charge is 0.416 e. The van der Waals surface area contributed by atoms with Gasteiger partial charge in [-0.25, -0.2) is 0 Å². The van der Waals surface area contributed by atoms with Crippen LogP contribution >= 0.6 is 24.2 Å². The summed E-state index contributed by atoms with van der Waals surface area (Å²) < 4.78 is 79.1. The molecule has 3 aliphatic rings. The van der Waals surface area contributed by atoms with Crippen LogP contribution < -0.4 is 10.6 Å². The lowest BCUT2D eigenvalue weighted by Gasteiger charge is -2.31. The molecule has 37 heavy (non-hydrogen) atoms. The molecule has 0 atom stereocenters. The van der Waals surface area contributed by atoms with Crippen LogP contribution in [-0.4, -0.2) is 47.6 Å². The maximum absolute atomic E-state index is 13.4. The second-order valence-electron chi connectivity index (χ2n) is 9.04. The number of carbonyl (C=O) groups is 2. The van der Waals surface area contributed by atoms with Gasteiger partial charge in [0.25, 0.3) is 0 Å². The van der Waals surface area contributed by atoms with E-state index in [4.69, 9.17) is 0 Å². The highest BCUT2D eigenvalue weighted by Crippen LogP contribution is 2.38. The molecular weight excluding hydrogens is 546 g/mol. The van der Waals surface area contributed by atoms with Gasteiger partial charge in [-0.1, -0.05) is 12.1 Å². The summed E-state index contributed by atoms with van der Waals surface area (Å²) >= 11 is 0.950. The molecule has 0 radical (unpaired) electrons. The summed E-state index contributed by atoms with van der Waals surface area (Å²) in [6.07, 6.45) is -4.77. The predicted molar refractivity (Wildman–Crippen MR) is 129 cm³/mol. The van der Waals surface area contributed by atoms with E-state index in [2.05, 4.69) is 15.6 Å². The van der Waals surface area contributed by atoms with E-state index >= 15 is 0 Å². The average Bonchev–Trinajstić information content (AvgIpc) is 3.53. The van der Waals surface area contributed by atoms with Crippen molar-refractivity contribution in [1.82, 2.24) is 15.5 Å². The second kappa shape index (κ2) is 11.6. The van der Waals surface area contributed by atoms with Crippen LogP contribution in [0.5, 0.6) is 0 Å². The molecule has 6 nitrogen and oxygen atoms in total. The molecule has 2 fully saturated rings. The van der Waals surface area contributed by atoms with E-state index < -0.39 is 28.7 Å². The standard InChI is InChI=1S/C23H24F6N4O2S.ClH/c24-22(25,26)15-2-1-14(17(10-15)23(27,28)29)12-33-7-5-13(6-8-33)9-18-20(32-21(35)36-18)30-11-19(34)31-16-3-4-16;/h1-2,9-10,13,16H,3-8,11-12H2,(H,31,34)(H,30,32,35);1H/b18-9-;. The zero-order valence-corrected chi connectivity index (χ0v) is 21.0. The fourth-order valence-corrected chi connectivity index (χ4v) is 4.91. The van der Waals surface area contributed by atoms with Crippen LogP contribution in [0.15, 0.2) is 34.2 Å². The van der Waals surface area contributed by atoms with E-state index in [0.29, 0.717) is 42.7 Å². The molecule has 1 saturated heterocycles.